The van der Waals surface area contributed by atoms with Crippen LogP contribution in [-0.4, -0.2) is 20.5 Å². The number of benzene rings is 1. The third kappa shape index (κ3) is 3.03. The van der Waals surface area contributed by atoms with Gasteiger partial charge in [0, 0.05) is 6.20 Å². The van der Waals surface area contributed by atoms with Crippen molar-refractivity contribution in [2.45, 2.75) is 4.90 Å². The summed E-state index contributed by atoms with van der Waals surface area (Å²) >= 11 is 0. The van der Waals surface area contributed by atoms with Crippen molar-refractivity contribution in [2.24, 2.45) is 0 Å². The number of nitrogens with zero attached hydrogens (tertiary/aromatic N) is 1. The number of nitrogens with one attached hydrogen (secondary N) is 1. The largest absolute Gasteiger partial charge is 0.493 e. The lowest BCUT2D eigenvalue weighted by Gasteiger charge is -2.11. The Morgan fingerprint density at radius 2 is 1.95 bits per heavy atom. The van der Waals surface area contributed by atoms with Gasteiger partial charge in [-0.25, -0.2) is 13.4 Å². The number of anilines is 1. The van der Waals surface area contributed by atoms with Crippen molar-refractivity contribution in [1.29, 1.82) is 0 Å². The van der Waals surface area contributed by atoms with E-state index in [9.17, 15) is 8.42 Å². The zero-order chi connectivity index (χ0) is 13.9. The Bertz CT molecular complexity index is 670. The van der Waals surface area contributed by atoms with Crippen LogP contribution in [0.1, 0.15) is 5.56 Å². The predicted molar refractivity (Wildman–Crippen MR) is 72.5 cm³/mol. The molecule has 0 saturated heterocycles. The van der Waals surface area contributed by atoms with Crippen molar-refractivity contribution >= 4 is 15.8 Å². The lowest BCUT2D eigenvalue weighted by atomic mass is 10.3. The Hall–Kier alpha value is -2.08. The molecule has 0 fully saturated rings. The second kappa shape index (κ2) is 5.27. The van der Waals surface area contributed by atoms with Crippen molar-refractivity contribution in [3.05, 3.63) is 55.1 Å². The third-order valence-corrected chi connectivity index (χ3v) is 3.77. The number of sulfonamides is 1. The zero-order valence-electron chi connectivity index (χ0n) is 10.3. The van der Waals surface area contributed by atoms with Gasteiger partial charge in [0.2, 0.25) is 0 Å². The number of hydrogen-bond donors (Lipinski definition) is 1. The molecule has 1 N–H and O–H groups in total. The Kier molecular flexibility index (Phi) is 3.71. The van der Waals surface area contributed by atoms with Crippen LogP contribution in [-0.2, 0) is 10.0 Å². The highest BCUT2D eigenvalue weighted by molar-refractivity contribution is 7.92. The van der Waals surface area contributed by atoms with Crippen LogP contribution < -0.4 is 9.46 Å². The first-order valence-electron chi connectivity index (χ1n) is 5.47. The number of pyridine rings is 1. The van der Waals surface area contributed by atoms with E-state index in [-0.39, 0.29) is 10.7 Å². The van der Waals surface area contributed by atoms with Crippen LogP contribution in [0.5, 0.6) is 5.75 Å². The van der Waals surface area contributed by atoms with Gasteiger partial charge >= 0.3 is 0 Å². The number of rotatable bonds is 4. The lowest BCUT2D eigenvalue weighted by molar-refractivity contribution is 0.415. The van der Waals surface area contributed by atoms with Gasteiger partial charge in [-0.2, -0.15) is 0 Å². The first-order chi connectivity index (χ1) is 9.03. The van der Waals surface area contributed by atoms with Crippen LogP contribution in [0.4, 0.5) is 5.82 Å². The van der Waals surface area contributed by atoms with Crippen LogP contribution in [0.15, 0.2) is 47.5 Å². The number of methoxy groups -OCH3 is 1. The van der Waals surface area contributed by atoms with Gasteiger partial charge in [-0.05, 0) is 30.7 Å². The van der Waals surface area contributed by atoms with E-state index in [1.165, 1.54) is 25.4 Å². The molecule has 2 rings (SSSR count). The summed E-state index contributed by atoms with van der Waals surface area (Å²) in [4.78, 5) is 4.15. The first kappa shape index (κ1) is 13.4. The van der Waals surface area contributed by atoms with Crippen LogP contribution in [0, 0.1) is 6.92 Å². The molecule has 0 aliphatic carbocycles. The summed E-state index contributed by atoms with van der Waals surface area (Å²) in [5.41, 5.74) is 0.638. The minimum absolute atomic E-state index is 0.138. The maximum atomic E-state index is 12.1. The zero-order valence-corrected chi connectivity index (χ0v) is 11.1. The number of ether oxygens (including phenoxy) is 1. The second-order valence-corrected chi connectivity index (χ2v) is 5.50. The Morgan fingerprint density at radius 3 is 2.58 bits per heavy atom. The fourth-order valence-corrected chi connectivity index (χ4v) is 2.54. The van der Waals surface area contributed by atoms with Crippen LogP contribution >= 0.6 is 0 Å². The maximum absolute atomic E-state index is 12.1. The van der Waals surface area contributed by atoms with Gasteiger partial charge in [-0.3, -0.25) is 4.72 Å². The fourth-order valence-electron chi connectivity index (χ4n) is 1.50. The van der Waals surface area contributed by atoms with E-state index >= 15 is 0 Å². The van der Waals surface area contributed by atoms with E-state index in [0.717, 1.165) is 0 Å². The van der Waals surface area contributed by atoms with Crippen molar-refractivity contribution in [3.8, 4) is 5.75 Å². The first-order valence-corrected chi connectivity index (χ1v) is 6.95. The molecule has 0 aliphatic rings. The highest BCUT2D eigenvalue weighted by Gasteiger charge is 2.16. The molecule has 0 atom stereocenters. The van der Waals surface area contributed by atoms with Crippen LogP contribution in [0.25, 0.3) is 0 Å². The summed E-state index contributed by atoms with van der Waals surface area (Å²) in [6.45, 7) is 3.71. The average molecular weight is 277 g/mol. The van der Waals surface area contributed by atoms with E-state index in [2.05, 4.69) is 16.6 Å². The molecule has 1 radical (unpaired) electrons. The molecule has 0 aliphatic heterocycles. The van der Waals surface area contributed by atoms with Gasteiger partial charge in [-0.15, -0.1) is 0 Å². The van der Waals surface area contributed by atoms with Gasteiger partial charge in [0.1, 0.15) is 0 Å². The third-order valence-electron chi connectivity index (χ3n) is 2.41. The molecule has 1 heterocycles. The molecule has 6 heteroatoms. The molecular weight excluding hydrogens is 264 g/mol. The van der Waals surface area contributed by atoms with E-state index in [4.69, 9.17) is 4.74 Å². The van der Waals surface area contributed by atoms with E-state index in [1.807, 2.05) is 0 Å². The molecule has 1 aromatic heterocycles. The van der Waals surface area contributed by atoms with Crippen LogP contribution in [0.3, 0.4) is 0 Å². The molecule has 5 nitrogen and oxygen atoms in total. The molecule has 2 aromatic rings. The van der Waals surface area contributed by atoms with Gasteiger partial charge in [0.15, 0.2) is 11.6 Å². The summed E-state index contributed by atoms with van der Waals surface area (Å²) in [6, 6.07) is 9.66. The summed E-state index contributed by atoms with van der Waals surface area (Å²) in [7, 11) is -2.23. The highest BCUT2D eigenvalue weighted by atomic mass is 32.2. The van der Waals surface area contributed by atoms with Crippen molar-refractivity contribution in [2.75, 3.05) is 11.8 Å². The molecule has 0 spiro atoms. The van der Waals surface area contributed by atoms with E-state index in [1.54, 1.807) is 24.3 Å². The molecule has 19 heavy (non-hydrogen) atoms. The molecule has 0 amide bonds. The Labute approximate surface area is 112 Å². The van der Waals surface area contributed by atoms with Crippen molar-refractivity contribution in [1.82, 2.24) is 4.98 Å². The van der Waals surface area contributed by atoms with Crippen LogP contribution in [0.2, 0.25) is 0 Å². The Balaban J connectivity index is 2.36. The minimum atomic E-state index is -3.67. The van der Waals surface area contributed by atoms with Crippen molar-refractivity contribution in [3.63, 3.8) is 0 Å². The standard InChI is InChI=1S/C13H13N2O3S/c1-10-8-12(18-2)13(14-9-10)15-19(16,17)11-6-4-3-5-7-11/h3-9H,1H2,2H3,(H,14,15). The summed E-state index contributed by atoms with van der Waals surface area (Å²) in [5, 5.41) is 0. The normalized spacial score (nSPS) is 11.1. The molecule has 99 valence electrons. The molecule has 0 bridgehead atoms. The maximum Gasteiger partial charge on any atom is 0.263 e. The monoisotopic (exact) mass is 277 g/mol. The number of hydrogen-bond acceptors (Lipinski definition) is 4. The topological polar surface area (TPSA) is 68.3 Å². The van der Waals surface area contributed by atoms with Gasteiger partial charge in [0.05, 0.1) is 12.0 Å². The van der Waals surface area contributed by atoms with Gasteiger partial charge < -0.3 is 4.74 Å². The molecular formula is C13H13N2O3S. The lowest BCUT2D eigenvalue weighted by Crippen LogP contribution is -2.14. The van der Waals surface area contributed by atoms with Gasteiger partial charge in [-0.1, -0.05) is 18.2 Å². The highest BCUT2D eigenvalue weighted by Crippen LogP contribution is 2.24. The van der Waals surface area contributed by atoms with Crippen molar-refractivity contribution < 1.29 is 13.2 Å². The summed E-state index contributed by atoms with van der Waals surface area (Å²) < 4.78 is 31.7. The van der Waals surface area contributed by atoms with E-state index < -0.39 is 10.0 Å². The number of aromatic nitrogens is 1. The fraction of sp³-hybridized carbons (Fsp3) is 0.0769. The van der Waals surface area contributed by atoms with Gasteiger partial charge in [0.25, 0.3) is 10.0 Å². The molecule has 0 unspecified atom stereocenters. The quantitative estimate of drug-likeness (QED) is 0.929. The summed E-state index contributed by atoms with van der Waals surface area (Å²) in [6.07, 6.45) is 1.46. The average Bonchev–Trinajstić information content (AvgIpc) is 2.41. The molecule has 1 aromatic carbocycles. The minimum Gasteiger partial charge on any atom is -0.493 e. The SMILES string of the molecule is [CH2]c1cnc(NS(=O)(=O)c2ccccc2)c(OC)c1. The Morgan fingerprint density at radius 1 is 1.26 bits per heavy atom. The second-order valence-electron chi connectivity index (χ2n) is 3.81. The van der Waals surface area contributed by atoms with E-state index in [0.29, 0.717) is 11.3 Å². The predicted octanol–water partition coefficient (Wildman–Crippen LogP) is 2.07. The smallest absolute Gasteiger partial charge is 0.263 e. The molecule has 0 saturated carbocycles. The summed E-state index contributed by atoms with van der Waals surface area (Å²) in [5.74, 6) is 0.464.